The van der Waals surface area contributed by atoms with Crippen molar-refractivity contribution in [2.24, 2.45) is 7.05 Å². The fourth-order valence-corrected chi connectivity index (χ4v) is 1.27. The van der Waals surface area contributed by atoms with Gasteiger partial charge in [-0.15, -0.1) is 0 Å². The Hall–Kier alpha value is -1.45. The fraction of sp³-hybridized carbons (Fsp3) is 0.500. The van der Waals surface area contributed by atoms with Gasteiger partial charge in [0.15, 0.2) is 5.78 Å². The van der Waals surface area contributed by atoms with Gasteiger partial charge in [0, 0.05) is 19.7 Å². The lowest BCUT2D eigenvalue weighted by Gasteiger charge is -1.95. The zero-order chi connectivity index (χ0) is 10.7. The lowest BCUT2D eigenvalue weighted by molar-refractivity contribution is -0.117. The zero-order valence-electron chi connectivity index (χ0n) is 8.70. The molecule has 0 atom stereocenters. The minimum Gasteiger partial charge on any atom is -0.299 e. The number of aryl methyl sites for hydroxylation is 2. The molecule has 0 aliphatic rings. The standard InChI is InChI=1S/C10H14N2O2/c1-4-8(13)5-10(14)9-6-12(3)11-7(9)2/h6H,4-5H2,1-3H3. The monoisotopic (exact) mass is 194 g/mol. The van der Waals surface area contributed by atoms with E-state index in [2.05, 4.69) is 5.10 Å². The van der Waals surface area contributed by atoms with Gasteiger partial charge in [0.2, 0.25) is 0 Å². The van der Waals surface area contributed by atoms with E-state index in [1.807, 2.05) is 0 Å². The maximum Gasteiger partial charge on any atom is 0.173 e. The second kappa shape index (κ2) is 4.17. The number of nitrogens with zero attached hydrogens (tertiary/aromatic N) is 2. The van der Waals surface area contributed by atoms with Crippen LogP contribution in [-0.4, -0.2) is 21.3 Å². The van der Waals surface area contributed by atoms with E-state index in [-0.39, 0.29) is 18.0 Å². The van der Waals surface area contributed by atoms with Crippen LogP contribution in [0.2, 0.25) is 0 Å². The molecule has 76 valence electrons. The topological polar surface area (TPSA) is 52.0 Å². The molecule has 4 nitrogen and oxygen atoms in total. The molecule has 0 unspecified atom stereocenters. The molecule has 1 heterocycles. The number of Topliss-reactive ketones (excluding diaryl/α,β-unsaturated/α-hetero) is 2. The molecule has 0 spiro atoms. The quantitative estimate of drug-likeness (QED) is 0.536. The fourth-order valence-electron chi connectivity index (χ4n) is 1.27. The Balaban J connectivity index is 2.79. The normalized spacial score (nSPS) is 10.2. The average Bonchev–Trinajstić information content (AvgIpc) is 2.45. The second-order valence-electron chi connectivity index (χ2n) is 3.29. The summed E-state index contributed by atoms with van der Waals surface area (Å²) in [5.41, 5.74) is 1.23. The van der Waals surface area contributed by atoms with E-state index in [0.29, 0.717) is 17.7 Å². The molecule has 0 radical (unpaired) electrons. The number of hydrogen-bond acceptors (Lipinski definition) is 3. The zero-order valence-corrected chi connectivity index (χ0v) is 8.70. The summed E-state index contributed by atoms with van der Waals surface area (Å²) in [5, 5.41) is 4.05. The van der Waals surface area contributed by atoms with Gasteiger partial charge < -0.3 is 0 Å². The molecule has 1 rings (SSSR count). The van der Waals surface area contributed by atoms with Gasteiger partial charge in [0.1, 0.15) is 5.78 Å². The highest BCUT2D eigenvalue weighted by atomic mass is 16.1. The Bertz CT molecular complexity index is 366. The second-order valence-corrected chi connectivity index (χ2v) is 3.29. The summed E-state index contributed by atoms with van der Waals surface area (Å²) in [6, 6.07) is 0. The molecule has 0 saturated heterocycles. The number of rotatable bonds is 4. The van der Waals surface area contributed by atoms with Gasteiger partial charge in [0.05, 0.1) is 17.7 Å². The van der Waals surface area contributed by atoms with Crippen molar-refractivity contribution < 1.29 is 9.59 Å². The molecule has 0 bridgehead atoms. The maximum absolute atomic E-state index is 11.6. The Labute approximate surface area is 82.9 Å². The molecular weight excluding hydrogens is 180 g/mol. The lowest BCUT2D eigenvalue weighted by atomic mass is 10.1. The Morgan fingerprint density at radius 2 is 2.14 bits per heavy atom. The molecule has 0 aliphatic carbocycles. The highest BCUT2D eigenvalue weighted by Crippen LogP contribution is 2.08. The summed E-state index contributed by atoms with van der Waals surface area (Å²) >= 11 is 0. The van der Waals surface area contributed by atoms with E-state index in [9.17, 15) is 9.59 Å². The highest BCUT2D eigenvalue weighted by molar-refractivity contribution is 6.08. The first-order valence-corrected chi connectivity index (χ1v) is 4.59. The predicted octanol–water partition coefficient (Wildman–Crippen LogP) is 1.28. The van der Waals surface area contributed by atoms with Gasteiger partial charge in [-0.3, -0.25) is 14.3 Å². The largest absolute Gasteiger partial charge is 0.299 e. The van der Waals surface area contributed by atoms with Gasteiger partial charge in [-0.25, -0.2) is 0 Å². The molecule has 0 fully saturated rings. The van der Waals surface area contributed by atoms with Crippen LogP contribution in [0.25, 0.3) is 0 Å². The first kappa shape index (κ1) is 10.6. The minimum absolute atomic E-state index is 0.0109. The predicted molar refractivity (Wildman–Crippen MR) is 52.2 cm³/mol. The number of aromatic nitrogens is 2. The van der Waals surface area contributed by atoms with Crippen LogP contribution in [0.3, 0.4) is 0 Å². The number of hydrogen-bond donors (Lipinski definition) is 0. The lowest BCUT2D eigenvalue weighted by Crippen LogP contribution is -2.07. The van der Waals surface area contributed by atoms with E-state index in [0.717, 1.165) is 0 Å². The van der Waals surface area contributed by atoms with E-state index < -0.39 is 0 Å². The summed E-state index contributed by atoms with van der Waals surface area (Å²) < 4.78 is 1.58. The maximum atomic E-state index is 11.6. The highest BCUT2D eigenvalue weighted by Gasteiger charge is 2.14. The minimum atomic E-state index is -0.137. The van der Waals surface area contributed by atoms with Crippen LogP contribution < -0.4 is 0 Å². The van der Waals surface area contributed by atoms with Crippen molar-refractivity contribution in [1.29, 1.82) is 0 Å². The van der Waals surface area contributed by atoms with Crippen LogP contribution in [0.1, 0.15) is 35.8 Å². The van der Waals surface area contributed by atoms with Crippen molar-refractivity contribution in [2.45, 2.75) is 26.7 Å². The average molecular weight is 194 g/mol. The molecule has 0 aromatic carbocycles. The van der Waals surface area contributed by atoms with E-state index >= 15 is 0 Å². The first-order valence-electron chi connectivity index (χ1n) is 4.59. The number of carbonyl (C=O) groups excluding carboxylic acids is 2. The van der Waals surface area contributed by atoms with Crippen LogP contribution in [0.5, 0.6) is 0 Å². The van der Waals surface area contributed by atoms with Crippen molar-refractivity contribution >= 4 is 11.6 Å². The Morgan fingerprint density at radius 3 is 2.57 bits per heavy atom. The molecule has 14 heavy (non-hydrogen) atoms. The van der Waals surface area contributed by atoms with E-state index in [4.69, 9.17) is 0 Å². The third kappa shape index (κ3) is 2.28. The van der Waals surface area contributed by atoms with E-state index in [1.165, 1.54) is 0 Å². The van der Waals surface area contributed by atoms with Crippen LogP contribution in [0.4, 0.5) is 0 Å². The number of ketones is 2. The van der Waals surface area contributed by atoms with Gasteiger partial charge in [-0.05, 0) is 6.92 Å². The van der Waals surface area contributed by atoms with Crippen molar-refractivity contribution in [1.82, 2.24) is 9.78 Å². The third-order valence-electron chi connectivity index (χ3n) is 2.07. The molecular formula is C10H14N2O2. The molecule has 0 N–H and O–H groups in total. The molecule has 4 heteroatoms. The Kier molecular flexibility index (Phi) is 3.17. The SMILES string of the molecule is CCC(=O)CC(=O)c1cn(C)nc1C. The van der Waals surface area contributed by atoms with Crippen LogP contribution >= 0.6 is 0 Å². The van der Waals surface area contributed by atoms with Gasteiger partial charge in [-0.1, -0.05) is 6.92 Å². The molecule has 0 amide bonds. The number of carbonyl (C=O) groups is 2. The summed E-state index contributed by atoms with van der Waals surface area (Å²) in [5.74, 6) is -0.166. The van der Waals surface area contributed by atoms with Gasteiger partial charge in [0.25, 0.3) is 0 Å². The van der Waals surface area contributed by atoms with Crippen LogP contribution in [0, 0.1) is 6.92 Å². The first-order chi connectivity index (χ1) is 6.54. The summed E-state index contributed by atoms with van der Waals surface area (Å²) in [7, 11) is 1.76. The molecule has 0 saturated carbocycles. The van der Waals surface area contributed by atoms with Crippen molar-refractivity contribution in [3.8, 4) is 0 Å². The summed E-state index contributed by atoms with van der Waals surface area (Å²) in [6.07, 6.45) is 2.05. The molecule has 1 aromatic heterocycles. The summed E-state index contributed by atoms with van der Waals surface area (Å²) in [4.78, 5) is 22.6. The van der Waals surface area contributed by atoms with Crippen molar-refractivity contribution in [2.75, 3.05) is 0 Å². The van der Waals surface area contributed by atoms with E-state index in [1.54, 1.807) is 31.8 Å². The third-order valence-corrected chi connectivity index (χ3v) is 2.07. The van der Waals surface area contributed by atoms with Crippen molar-refractivity contribution in [3.63, 3.8) is 0 Å². The Morgan fingerprint density at radius 1 is 1.50 bits per heavy atom. The van der Waals surface area contributed by atoms with Crippen molar-refractivity contribution in [3.05, 3.63) is 17.5 Å². The summed E-state index contributed by atoms with van der Waals surface area (Å²) in [6.45, 7) is 3.52. The van der Waals surface area contributed by atoms with Gasteiger partial charge >= 0.3 is 0 Å². The van der Waals surface area contributed by atoms with Crippen LogP contribution in [0.15, 0.2) is 6.20 Å². The molecule has 0 aliphatic heterocycles. The van der Waals surface area contributed by atoms with Crippen LogP contribution in [-0.2, 0) is 11.8 Å². The smallest absolute Gasteiger partial charge is 0.173 e. The van der Waals surface area contributed by atoms with Gasteiger partial charge in [-0.2, -0.15) is 5.10 Å². The molecule has 1 aromatic rings.